The van der Waals surface area contributed by atoms with E-state index in [2.05, 4.69) is 74.5 Å². The summed E-state index contributed by atoms with van der Waals surface area (Å²) in [5, 5.41) is 3.29. The van der Waals surface area contributed by atoms with Crippen molar-refractivity contribution < 1.29 is 0 Å². The van der Waals surface area contributed by atoms with E-state index in [4.69, 9.17) is 0 Å². The standard InChI is InChI=1S/C23H28Si/c1-3-4-7-19-11-13-20(14-12-19)17-21-8-5-6-9-23(21)24-22-15-10-18(2)16-22/h5-6,8-14,16H,3-4,7,15,17,24H2,1-2H3. The summed E-state index contributed by atoms with van der Waals surface area (Å²) >= 11 is 0. The van der Waals surface area contributed by atoms with E-state index in [0.717, 1.165) is 6.42 Å². The molecule has 24 heavy (non-hydrogen) atoms. The van der Waals surface area contributed by atoms with E-state index < -0.39 is 0 Å². The second-order valence-electron chi connectivity index (χ2n) is 7.00. The lowest BCUT2D eigenvalue weighted by Gasteiger charge is -2.11. The molecule has 0 fully saturated rings. The molecule has 0 saturated carbocycles. The monoisotopic (exact) mass is 332 g/mol. The lowest BCUT2D eigenvalue weighted by atomic mass is 10.0. The highest BCUT2D eigenvalue weighted by atomic mass is 28.2. The van der Waals surface area contributed by atoms with Crippen molar-refractivity contribution >= 4 is 14.7 Å². The molecule has 0 atom stereocenters. The van der Waals surface area contributed by atoms with Gasteiger partial charge in [0.1, 0.15) is 0 Å². The van der Waals surface area contributed by atoms with Crippen LogP contribution in [0.15, 0.2) is 71.5 Å². The molecule has 0 radical (unpaired) electrons. The van der Waals surface area contributed by atoms with Crippen LogP contribution in [-0.2, 0) is 12.8 Å². The Labute approximate surface area is 149 Å². The first-order valence-electron chi connectivity index (χ1n) is 9.25. The van der Waals surface area contributed by atoms with Crippen molar-refractivity contribution in [3.63, 3.8) is 0 Å². The molecule has 2 aromatic carbocycles. The van der Waals surface area contributed by atoms with Crippen molar-refractivity contribution in [1.29, 1.82) is 0 Å². The summed E-state index contributed by atoms with van der Waals surface area (Å²) in [5.74, 6) is 0. The Balaban J connectivity index is 1.70. The lowest BCUT2D eigenvalue weighted by molar-refractivity contribution is 0.795. The average molecular weight is 333 g/mol. The van der Waals surface area contributed by atoms with Gasteiger partial charge in [-0.1, -0.05) is 90.0 Å². The van der Waals surface area contributed by atoms with E-state index in [0.29, 0.717) is 0 Å². The summed E-state index contributed by atoms with van der Waals surface area (Å²) in [6, 6.07) is 18.4. The van der Waals surface area contributed by atoms with Crippen molar-refractivity contribution in [2.75, 3.05) is 0 Å². The number of allylic oxidation sites excluding steroid dienone is 4. The first kappa shape index (κ1) is 17.0. The summed E-state index contributed by atoms with van der Waals surface area (Å²) in [7, 11) is -0.322. The molecule has 0 heterocycles. The fourth-order valence-electron chi connectivity index (χ4n) is 3.43. The molecule has 0 aliphatic heterocycles. The first-order valence-corrected chi connectivity index (χ1v) is 10.7. The summed E-state index contributed by atoms with van der Waals surface area (Å²) in [5.41, 5.74) is 5.88. The smallest absolute Gasteiger partial charge is 0.0786 e. The molecule has 0 spiro atoms. The minimum atomic E-state index is -0.322. The summed E-state index contributed by atoms with van der Waals surface area (Å²) in [6.07, 6.45) is 10.8. The normalized spacial score (nSPS) is 14.2. The second kappa shape index (κ2) is 8.30. The molecule has 0 amide bonds. The molecular weight excluding hydrogens is 304 g/mol. The zero-order valence-corrected chi connectivity index (χ0v) is 16.4. The third kappa shape index (κ3) is 4.58. The van der Waals surface area contributed by atoms with Crippen LogP contribution in [0.3, 0.4) is 0 Å². The van der Waals surface area contributed by atoms with Crippen LogP contribution in [0, 0.1) is 0 Å². The Morgan fingerprint density at radius 1 is 0.958 bits per heavy atom. The van der Waals surface area contributed by atoms with Gasteiger partial charge in [-0.2, -0.15) is 0 Å². The maximum Gasteiger partial charge on any atom is 0.0832 e. The van der Waals surface area contributed by atoms with Gasteiger partial charge in [0.25, 0.3) is 0 Å². The average Bonchev–Trinajstić information content (AvgIpc) is 3.01. The SMILES string of the molecule is CCCCc1ccc(Cc2ccccc2[SiH2]C2=CC(C)=CC2)cc1. The molecule has 2 aromatic rings. The minimum Gasteiger partial charge on any atom is -0.0786 e. The summed E-state index contributed by atoms with van der Waals surface area (Å²) < 4.78 is 0. The number of unbranched alkanes of at least 4 members (excludes halogenated alkanes) is 1. The molecule has 0 unspecified atom stereocenters. The molecular formula is C23H28Si. The Morgan fingerprint density at radius 2 is 1.71 bits per heavy atom. The van der Waals surface area contributed by atoms with Crippen LogP contribution in [0.4, 0.5) is 0 Å². The quantitative estimate of drug-likeness (QED) is 0.648. The zero-order chi connectivity index (χ0) is 16.8. The Hall–Kier alpha value is -1.86. The van der Waals surface area contributed by atoms with Crippen LogP contribution in [0.5, 0.6) is 0 Å². The van der Waals surface area contributed by atoms with Crippen molar-refractivity contribution in [3.05, 3.63) is 88.1 Å². The molecule has 0 bridgehead atoms. The third-order valence-electron chi connectivity index (χ3n) is 4.89. The van der Waals surface area contributed by atoms with E-state index in [1.54, 1.807) is 10.4 Å². The fourth-order valence-corrected chi connectivity index (χ4v) is 5.35. The van der Waals surface area contributed by atoms with Crippen molar-refractivity contribution in [2.45, 2.75) is 46.0 Å². The predicted molar refractivity (Wildman–Crippen MR) is 109 cm³/mol. The van der Waals surface area contributed by atoms with E-state index >= 15 is 0 Å². The number of aryl methyl sites for hydroxylation is 1. The molecule has 0 aromatic heterocycles. The van der Waals surface area contributed by atoms with Gasteiger partial charge in [0, 0.05) is 0 Å². The van der Waals surface area contributed by atoms with Gasteiger partial charge >= 0.3 is 0 Å². The van der Waals surface area contributed by atoms with Gasteiger partial charge in [-0.3, -0.25) is 0 Å². The van der Waals surface area contributed by atoms with Crippen LogP contribution in [0.2, 0.25) is 0 Å². The second-order valence-corrected chi connectivity index (χ2v) is 9.02. The van der Waals surface area contributed by atoms with Crippen LogP contribution in [-0.4, -0.2) is 9.52 Å². The van der Waals surface area contributed by atoms with Crippen LogP contribution in [0.1, 0.15) is 49.8 Å². The number of benzene rings is 2. The fraction of sp³-hybridized carbons (Fsp3) is 0.304. The number of hydrogen-bond donors (Lipinski definition) is 0. The van der Waals surface area contributed by atoms with Crippen molar-refractivity contribution in [2.24, 2.45) is 0 Å². The predicted octanol–water partition coefficient (Wildman–Crippen LogP) is 4.65. The maximum atomic E-state index is 2.41. The molecule has 0 nitrogen and oxygen atoms in total. The highest BCUT2D eigenvalue weighted by molar-refractivity contribution is 6.61. The van der Waals surface area contributed by atoms with Gasteiger partial charge in [0.2, 0.25) is 0 Å². The van der Waals surface area contributed by atoms with E-state index in [-0.39, 0.29) is 9.52 Å². The highest BCUT2D eigenvalue weighted by Crippen LogP contribution is 2.17. The minimum absolute atomic E-state index is 0.322. The van der Waals surface area contributed by atoms with Crippen molar-refractivity contribution in [3.8, 4) is 0 Å². The van der Waals surface area contributed by atoms with Gasteiger partial charge in [0.05, 0.1) is 9.52 Å². The van der Waals surface area contributed by atoms with Gasteiger partial charge in [-0.05, 0) is 49.3 Å². The molecule has 1 aliphatic rings. The largest absolute Gasteiger partial charge is 0.0832 e. The zero-order valence-electron chi connectivity index (χ0n) is 15.0. The third-order valence-corrected chi connectivity index (χ3v) is 6.91. The van der Waals surface area contributed by atoms with Gasteiger partial charge in [0.15, 0.2) is 0 Å². The molecule has 0 saturated heterocycles. The summed E-state index contributed by atoms with van der Waals surface area (Å²) in [6.45, 7) is 4.47. The number of rotatable bonds is 7. The topological polar surface area (TPSA) is 0 Å². The van der Waals surface area contributed by atoms with Crippen LogP contribution >= 0.6 is 0 Å². The van der Waals surface area contributed by atoms with Gasteiger partial charge < -0.3 is 0 Å². The maximum absolute atomic E-state index is 2.41. The Kier molecular flexibility index (Phi) is 5.87. The molecule has 0 N–H and O–H groups in total. The van der Waals surface area contributed by atoms with E-state index in [9.17, 15) is 0 Å². The first-order chi connectivity index (χ1) is 11.7. The molecule has 1 aliphatic carbocycles. The molecule has 1 heteroatoms. The molecule has 3 rings (SSSR count). The van der Waals surface area contributed by atoms with Gasteiger partial charge in [-0.25, -0.2) is 0 Å². The molecule has 124 valence electrons. The van der Waals surface area contributed by atoms with E-state index in [1.165, 1.54) is 47.9 Å². The van der Waals surface area contributed by atoms with Crippen LogP contribution < -0.4 is 5.19 Å². The van der Waals surface area contributed by atoms with Crippen LogP contribution in [0.25, 0.3) is 0 Å². The van der Waals surface area contributed by atoms with Crippen molar-refractivity contribution in [1.82, 2.24) is 0 Å². The Morgan fingerprint density at radius 3 is 2.42 bits per heavy atom. The highest BCUT2D eigenvalue weighted by Gasteiger charge is 2.09. The summed E-state index contributed by atoms with van der Waals surface area (Å²) in [4.78, 5) is 0. The van der Waals surface area contributed by atoms with Gasteiger partial charge in [-0.15, -0.1) is 0 Å². The van der Waals surface area contributed by atoms with E-state index in [1.807, 2.05) is 0 Å². The number of hydrogen-bond acceptors (Lipinski definition) is 0. The lowest BCUT2D eigenvalue weighted by Crippen LogP contribution is -2.21. The Bertz CT molecular complexity index is 735.